The minimum Gasteiger partial charge on any atom is -0.426 e. The molecule has 19 heavy (non-hydrogen) atoms. The third-order valence-corrected chi connectivity index (χ3v) is 3.23. The van der Waals surface area contributed by atoms with Crippen LogP contribution in [0, 0.1) is 0 Å². The largest absolute Gasteiger partial charge is 0.426 e. The number of carbonyl (C=O) groups is 1. The van der Waals surface area contributed by atoms with E-state index in [-0.39, 0.29) is 11.9 Å². The number of esters is 1. The van der Waals surface area contributed by atoms with Crippen LogP contribution in [0.1, 0.15) is 30.9 Å². The number of rotatable bonds is 3. The molecule has 1 atom stereocenters. The van der Waals surface area contributed by atoms with Crippen LogP contribution in [0.4, 0.5) is 0 Å². The highest BCUT2D eigenvalue weighted by Gasteiger charge is 2.15. The Hall–Kier alpha value is -1.80. The molecule has 0 saturated heterocycles. The molecule has 98 valence electrons. The molecule has 3 heteroatoms. The zero-order chi connectivity index (χ0) is 13.8. The van der Waals surface area contributed by atoms with Crippen LogP contribution in [-0.4, -0.2) is 5.97 Å². The van der Waals surface area contributed by atoms with Crippen LogP contribution in [0.25, 0.3) is 0 Å². The number of halogens is 1. The molecule has 0 N–H and O–H groups in total. The summed E-state index contributed by atoms with van der Waals surface area (Å²) in [7, 11) is 0. The van der Waals surface area contributed by atoms with Crippen molar-refractivity contribution in [1.29, 1.82) is 0 Å². The van der Waals surface area contributed by atoms with Crippen LogP contribution in [0.2, 0.25) is 5.02 Å². The minimum absolute atomic E-state index is 0.132. The van der Waals surface area contributed by atoms with Crippen molar-refractivity contribution in [2.24, 2.45) is 0 Å². The fourth-order valence-corrected chi connectivity index (χ4v) is 2.19. The van der Waals surface area contributed by atoms with Crippen molar-refractivity contribution < 1.29 is 9.53 Å². The average Bonchev–Trinajstić information content (AvgIpc) is 2.38. The Morgan fingerprint density at radius 3 is 2.47 bits per heavy atom. The van der Waals surface area contributed by atoms with Gasteiger partial charge in [-0.3, -0.25) is 4.79 Å². The van der Waals surface area contributed by atoms with Crippen LogP contribution >= 0.6 is 11.6 Å². The highest BCUT2D eigenvalue weighted by molar-refractivity contribution is 6.30. The molecule has 0 aliphatic rings. The highest BCUT2D eigenvalue weighted by atomic mass is 35.5. The second kappa shape index (κ2) is 5.89. The molecular weight excluding hydrogens is 260 g/mol. The number of ether oxygens (including phenoxy) is 1. The third kappa shape index (κ3) is 3.36. The standard InChI is InChI=1S/C16H15ClO2/c1-11(13-6-4-3-5-7-13)15-9-8-14(17)10-16(15)19-12(2)18/h3-11H,1-2H3. The second-order valence-corrected chi connectivity index (χ2v) is 4.84. The molecule has 2 aromatic rings. The molecule has 2 nitrogen and oxygen atoms in total. The maximum Gasteiger partial charge on any atom is 0.308 e. The summed E-state index contributed by atoms with van der Waals surface area (Å²) in [6.45, 7) is 3.46. The smallest absolute Gasteiger partial charge is 0.308 e. The van der Waals surface area contributed by atoms with Crippen molar-refractivity contribution in [1.82, 2.24) is 0 Å². The normalized spacial score (nSPS) is 11.9. The lowest BCUT2D eigenvalue weighted by molar-refractivity contribution is -0.131. The Bertz CT molecular complexity index is 579. The number of carbonyl (C=O) groups excluding carboxylic acids is 1. The molecule has 1 unspecified atom stereocenters. The minimum atomic E-state index is -0.344. The monoisotopic (exact) mass is 274 g/mol. The van der Waals surface area contributed by atoms with E-state index in [2.05, 4.69) is 19.1 Å². The Morgan fingerprint density at radius 1 is 1.16 bits per heavy atom. The van der Waals surface area contributed by atoms with Crippen molar-refractivity contribution in [2.75, 3.05) is 0 Å². The van der Waals surface area contributed by atoms with Gasteiger partial charge in [0.1, 0.15) is 5.75 Å². The van der Waals surface area contributed by atoms with Gasteiger partial charge < -0.3 is 4.74 Å². The van der Waals surface area contributed by atoms with Gasteiger partial charge in [-0.1, -0.05) is 54.9 Å². The van der Waals surface area contributed by atoms with Crippen LogP contribution in [0.5, 0.6) is 5.75 Å². The van der Waals surface area contributed by atoms with E-state index in [4.69, 9.17) is 16.3 Å². The lowest BCUT2D eigenvalue weighted by Crippen LogP contribution is -2.06. The van der Waals surface area contributed by atoms with Crippen molar-refractivity contribution in [2.45, 2.75) is 19.8 Å². The molecule has 0 amide bonds. The predicted octanol–water partition coefficient (Wildman–Crippen LogP) is 4.42. The predicted molar refractivity (Wildman–Crippen MR) is 76.7 cm³/mol. The summed E-state index contributed by atoms with van der Waals surface area (Å²) in [5.74, 6) is 0.313. The second-order valence-electron chi connectivity index (χ2n) is 4.41. The van der Waals surface area contributed by atoms with Gasteiger partial charge in [0, 0.05) is 23.4 Å². The summed E-state index contributed by atoms with van der Waals surface area (Å²) in [4.78, 5) is 11.2. The van der Waals surface area contributed by atoms with Gasteiger partial charge in [0.05, 0.1) is 0 Å². The van der Waals surface area contributed by atoms with Crippen LogP contribution in [0.3, 0.4) is 0 Å². The summed E-state index contributed by atoms with van der Waals surface area (Å²) in [5, 5.41) is 0.556. The van der Waals surface area contributed by atoms with Crippen molar-refractivity contribution in [3.63, 3.8) is 0 Å². The number of benzene rings is 2. The first kappa shape index (κ1) is 13.6. The van der Waals surface area contributed by atoms with E-state index in [1.54, 1.807) is 6.07 Å². The number of hydrogen-bond acceptors (Lipinski definition) is 2. The quantitative estimate of drug-likeness (QED) is 0.612. The van der Waals surface area contributed by atoms with E-state index in [1.807, 2.05) is 30.3 Å². The Kier molecular flexibility index (Phi) is 4.23. The van der Waals surface area contributed by atoms with E-state index in [1.165, 1.54) is 12.5 Å². The van der Waals surface area contributed by atoms with Gasteiger partial charge in [-0.25, -0.2) is 0 Å². The van der Waals surface area contributed by atoms with Crippen molar-refractivity contribution in [3.05, 3.63) is 64.7 Å². The summed E-state index contributed by atoms with van der Waals surface area (Å²) < 4.78 is 5.25. The Morgan fingerprint density at radius 2 is 1.84 bits per heavy atom. The van der Waals surface area contributed by atoms with Crippen molar-refractivity contribution in [3.8, 4) is 5.75 Å². The van der Waals surface area contributed by atoms with Gasteiger partial charge in [-0.15, -0.1) is 0 Å². The van der Waals surface area contributed by atoms with Gasteiger partial charge in [-0.05, 0) is 17.7 Å². The summed E-state index contributed by atoms with van der Waals surface area (Å²) in [6.07, 6.45) is 0. The van der Waals surface area contributed by atoms with Crippen LogP contribution in [-0.2, 0) is 4.79 Å². The molecule has 0 spiro atoms. The molecule has 0 aliphatic heterocycles. The Balaban J connectivity index is 2.41. The highest BCUT2D eigenvalue weighted by Crippen LogP contribution is 2.33. The fourth-order valence-electron chi connectivity index (χ4n) is 2.03. The molecular formula is C16H15ClO2. The Labute approximate surface area is 118 Å². The lowest BCUT2D eigenvalue weighted by atomic mass is 9.92. The fraction of sp³-hybridized carbons (Fsp3) is 0.188. The molecule has 0 bridgehead atoms. The molecule has 0 saturated carbocycles. The average molecular weight is 275 g/mol. The molecule has 0 aliphatic carbocycles. The maximum absolute atomic E-state index is 11.2. The third-order valence-electron chi connectivity index (χ3n) is 3.00. The molecule has 2 aromatic carbocycles. The van der Waals surface area contributed by atoms with E-state index < -0.39 is 0 Å². The van der Waals surface area contributed by atoms with E-state index >= 15 is 0 Å². The topological polar surface area (TPSA) is 26.3 Å². The van der Waals surface area contributed by atoms with Gasteiger partial charge in [-0.2, -0.15) is 0 Å². The summed E-state index contributed by atoms with van der Waals surface area (Å²) >= 11 is 5.96. The van der Waals surface area contributed by atoms with Crippen molar-refractivity contribution >= 4 is 17.6 Å². The van der Waals surface area contributed by atoms with E-state index in [9.17, 15) is 4.79 Å². The first-order valence-electron chi connectivity index (χ1n) is 6.10. The molecule has 0 radical (unpaired) electrons. The van der Waals surface area contributed by atoms with E-state index in [0.717, 1.165) is 5.56 Å². The zero-order valence-corrected chi connectivity index (χ0v) is 11.6. The lowest BCUT2D eigenvalue weighted by Gasteiger charge is -2.16. The van der Waals surface area contributed by atoms with Gasteiger partial charge in [0.2, 0.25) is 0 Å². The first-order chi connectivity index (χ1) is 9.08. The first-order valence-corrected chi connectivity index (χ1v) is 6.48. The molecule has 0 heterocycles. The van der Waals surface area contributed by atoms with Gasteiger partial charge >= 0.3 is 5.97 Å². The number of hydrogen-bond donors (Lipinski definition) is 0. The molecule has 0 aromatic heterocycles. The van der Waals surface area contributed by atoms with E-state index in [0.29, 0.717) is 10.8 Å². The maximum atomic E-state index is 11.2. The zero-order valence-electron chi connectivity index (χ0n) is 10.9. The van der Waals surface area contributed by atoms with Crippen LogP contribution < -0.4 is 4.74 Å². The molecule has 2 rings (SSSR count). The van der Waals surface area contributed by atoms with Crippen LogP contribution in [0.15, 0.2) is 48.5 Å². The van der Waals surface area contributed by atoms with Gasteiger partial charge in [0.25, 0.3) is 0 Å². The van der Waals surface area contributed by atoms with Gasteiger partial charge in [0.15, 0.2) is 0 Å². The molecule has 0 fully saturated rings. The SMILES string of the molecule is CC(=O)Oc1cc(Cl)ccc1C(C)c1ccccc1. The summed E-state index contributed by atoms with van der Waals surface area (Å²) in [6, 6.07) is 15.5. The summed E-state index contributed by atoms with van der Waals surface area (Å²) in [5.41, 5.74) is 2.11.